The first-order chi connectivity index (χ1) is 11.8. The molecule has 2 atom stereocenters. The molecule has 1 aromatic carbocycles. The van der Waals surface area contributed by atoms with Crippen LogP contribution < -0.4 is 0 Å². The molecule has 0 radical (unpaired) electrons. The van der Waals surface area contributed by atoms with Gasteiger partial charge in [-0.1, -0.05) is 31.9 Å². The molecule has 1 aliphatic rings. The van der Waals surface area contributed by atoms with Crippen LogP contribution in [0, 0.1) is 0 Å². The Morgan fingerprint density at radius 3 is 2.36 bits per heavy atom. The SMILES string of the molecule is CCCCC(CC(C1=NCCS1)N(C)C)c1ccc(C(F)(F)F)cc1. The van der Waals surface area contributed by atoms with Gasteiger partial charge in [0.05, 0.1) is 16.6 Å². The quantitative estimate of drug-likeness (QED) is 0.603. The largest absolute Gasteiger partial charge is 0.416 e. The average Bonchev–Trinajstić information content (AvgIpc) is 3.08. The molecule has 6 heteroatoms. The molecular weight excluding hydrogens is 345 g/mol. The zero-order valence-corrected chi connectivity index (χ0v) is 16.0. The summed E-state index contributed by atoms with van der Waals surface area (Å²) in [6, 6.07) is 5.96. The zero-order chi connectivity index (χ0) is 18.4. The van der Waals surface area contributed by atoms with Crippen molar-refractivity contribution in [3.05, 3.63) is 35.4 Å². The van der Waals surface area contributed by atoms with Crippen molar-refractivity contribution < 1.29 is 13.2 Å². The van der Waals surface area contributed by atoms with E-state index in [2.05, 4.69) is 30.9 Å². The van der Waals surface area contributed by atoms with Gasteiger partial charge < -0.3 is 4.90 Å². The summed E-state index contributed by atoms with van der Waals surface area (Å²) in [5.41, 5.74) is 0.419. The highest BCUT2D eigenvalue weighted by molar-refractivity contribution is 8.14. The fourth-order valence-electron chi connectivity index (χ4n) is 3.17. The lowest BCUT2D eigenvalue weighted by atomic mass is 9.87. The average molecular weight is 372 g/mol. The van der Waals surface area contributed by atoms with E-state index in [9.17, 15) is 13.2 Å². The molecule has 25 heavy (non-hydrogen) atoms. The first-order valence-corrected chi connectivity index (χ1v) is 9.82. The monoisotopic (exact) mass is 372 g/mol. The molecule has 0 aliphatic carbocycles. The van der Waals surface area contributed by atoms with Crippen molar-refractivity contribution in [1.29, 1.82) is 0 Å². The van der Waals surface area contributed by atoms with Crippen LogP contribution in [-0.4, -0.2) is 42.4 Å². The summed E-state index contributed by atoms with van der Waals surface area (Å²) in [6.45, 7) is 3.01. The highest BCUT2D eigenvalue weighted by Gasteiger charge is 2.31. The Morgan fingerprint density at radius 1 is 1.20 bits per heavy atom. The molecule has 0 fully saturated rings. The number of nitrogens with zero attached hydrogens (tertiary/aromatic N) is 2. The van der Waals surface area contributed by atoms with Crippen molar-refractivity contribution >= 4 is 16.8 Å². The van der Waals surface area contributed by atoms with E-state index < -0.39 is 11.7 Å². The van der Waals surface area contributed by atoms with Gasteiger partial charge in [0, 0.05) is 12.3 Å². The third-order valence-electron chi connectivity index (χ3n) is 4.64. The minimum Gasteiger partial charge on any atom is -0.300 e. The predicted octanol–water partition coefficient (Wildman–Crippen LogP) is 5.44. The maximum absolute atomic E-state index is 12.8. The van der Waals surface area contributed by atoms with Crippen LogP contribution >= 0.6 is 11.8 Å². The topological polar surface area (TPSA) is 15.6 Å². The molecule has 2 rings (SSSR count). The van der Waals surface area contributed by atoms with Crippen LogP contribution in [0.2, 0.25) is 0 Å². The second kappa shape index (κ2) is 9.08. The molecule has 1 aliphatic heterocycles. The summed E-state index contributed by atoms with van der Waals surface area (Å²) in [6.07, 6.45) is -0.238. The summed E-state index contributed by atoms with van der Waals surface area (Å²) in [4.78, 5) is 6.80. The molecule has 0 aromatic heterocycles. The maximum atomic E-state index is 12.8. The molecule has 0 bridgehead atoms. The van der Waals surface area contributed by atoms with E-state index >= 15 is 0 Å². The Kier molecular flexibility index (Phi) is 7.37. The van der Waals surface area contributed by atoms with Crippen molar-refractivity contribution in [3.63, 3.8) is 0 Å². The van der Waals surface area contributed by atoms with Crippen molar-refractivity contribution in [2.24, 2.45) is 4.99 Å². The molecule has 2 unspecified atom stereocenters. The number of aliphatic imine (C=N–C) groups is 1. The fraction of sp³-hybridized carbons (Fsp3) is 0.632. The van der Waals surface area contributed by atoms with Gasteiger partial charge in [-0.05, 0) is 50.6 Å². The van der Waals surface area contributed by atoms with Crippen molar-refractivity contribution in [2.75, 3.05) is 26.4 Å². The van der Waals surface area contributed by atoms with Gasteiger partial charge in [0.25, 0.3) is 0 Å². The molecule has 0 amide bonds. The molecule has 0 spiro atoms. The highest BCUT2D eigenvalue weighted by atomic mass is 32.2. The number of unbranched alkanes of at least 4 members (excludes halogenated alkanes) is 1. The number of hydrogen-bond acceptors (Lipinski definition) is 3. The van der Waals surface area contributed by atoms with Gasteiger partial charge >= 0.3 is 6.18 Å². The molecular formula is C19H27F3N2S. The first kappa shape index (κ1) is 20.3. The number of rotatable bonds is 8. The summed E-state index contributed by atoms with van der Waals surface area (Å²) in [5, 5.41) is 1.17. The number of hydrogen-bond donors (Lipinski definition) is 0. The molecule has 1 aromatic rings. The van der Waals surface area contributed by atoms with Crippen LogP contribution in [0.15, 0.2) is 29.3 Å². The lowest BCUT2D eigenvalue weighted by Gasteiger charge is -2.29. The minimum atomic E-state index is -4.28. The van der Waals surface area contributed by atoms with Gasteiger partial charge in [-0.3, -0.25) is 4.99 Å². The van der Waals surface area contributed by atoms with Gasteiger partial charge in [-0.2, -0.15) is 13.2 Å². The third kappa shape index (κ3) is 5.74. The van der Waals surface area contributed by atoms with Crippen LogP contribution in [0.3, 0.4) is 0 Å². The van der Waals surface area contributed by atoms with Crippen molar-refractivity contribution in [2.45, 2.75) is 50.7 Å². The molecule has 0 N–H and O–H groups in total. The summed E-state index contributed by atoms with van der Waals surface area (Å²) >= 11 is 1.81. The molecule has 1 heterocycles. The Hall–Kier alpha value is -1.01. The van der Waals surface area contributed by atoms with E-state index in [1.54, 1.807) is 23.9 Å². The van der Waals surface area contributed by atoms with E-state index in [-0.39, 0.29) is 12.0 Å². The van der Waals surface area contributed by atoms with E-state index in [4.69, 9.17) is 0 Å². The standard InChI is InChI=1S/C19H27F3N2S/c1-4-5-6-15(13-17(24(2)3)18-23-11-12-25-18)14-7-9-16(10-8-14)19(20,21)22/h7-10,15,17H,4-6,11-13H2,1-3H3. The normalized spacial score (nSPS) is 17.6. The van der Waals surface area contributed by atoms with E-state index in [1.807, 2.05) is 0 Å². The molecule has 2 nitrogen and oxygen atoms in total. The van der Waals surface area contributed by atoms with Crippen LogP contribution in [0.1, 0.15) is 49.7 Å². The van der Waals surface area contributed by atoms with Crippen LogP contribution in [0.25, 0.3) is 0 Å². The third-order valence-corrected chi connectivity index (χ3v) is 5.72. The summed E-state index contributed by atoms with van der Waals surface area (Å²) < 4.78 is 38.5. The molecule has 0 saturated carbocycles. The van der Waals surface area contributed by atoms with Crippen LogP contribution in [-0.2, 0) is 6.18 Å². The molecule has 0 saturated heterocycles. The van der Waals surface area contributed by atoms with Gasteiger partial charge in [0.2, 0.25) is 0 Å². The number of halogens is 3. The first-order valence-electron chi connectivity index (χ1n) is 8.83. The minimum absolute atomic E-state index is 0.233. The Bertz CT molecular complexity index is 567. The Labute approximate surface area is 152 Å². The lowest BCUT2D eigenvalue weighted by Crippen LogP contribution is -2.35. The van der Waals surface area contributed by atoms with Gasteiger partial charge in [-0.25, -0.2) is 0 Å². The number of alkyl halides is 3. The van der Waals surface area contributed by atoms with Crippen molar-refractivity contribution in [1.82, 2.24) is 4.90 Å². The van der Waals surface area contributed by atoms with E-state index in [0.29, 0.717) is 0 Å². The van der Waals surface area contributed by atoms with Crippen LogP contribution in [0.5, 0.6) is 0 Å². The fourth-order valence-corrected chi connectivity index (χ4v) is 4.24. The highest BCUT2D eigenvalue weighted by Crippen LogP contribution is 2.34. The van der Waals surface area contributed by atoms with Crippen LogP contribution in [0.4, 0.5) is 13.2 Å². The van der Waals surface area contributed by atoms with E-state index in [1.165, 1.54) is 17.2 Å². The van der Waals surface area contributed by atoms with Gasteiger partial charge in [-0.15, -0.1) is 11.8 Å². The molecule has 140 valence electrons. The van der Waals surface area contributed by atoms with Gasteiger partial charge in [0.1, 0.15) is 0 Å². The second-order valence-corrected chi connectivity index (χ2v) is 7.86. The maximum Gasteiger partial charge on any atom is 0.416 e. The summed E-state index contributed by atoms with van der Waals surface area (Å²) in [7, 11) is 4.10. The van der Waals surface area contributed by atoms with E-state index in [0.717, 1.165) is 43.5 Å². The number of thioether (sulfide) groups is 1. The second-order valence-electron chi connectivity index (χ2n) is 6.74. The lowest BCUT2D eigenvalue weighted by molar-refractivity contribution is -0.137. The summed E-state index contributed by atoms with van der Waals surface area (Å²) in [5.74, 6) is 1.28. The van der Waals surface area contributed by atoms with Crippen molar-refractivity contribution in [3.8, 4) is 0 Å². The number of benzene rings is 1. The zero-order valence-electron chi connectivity index (χ0n) is 15.1. The predicted molar refractivity (Wildman–Crippen MR) is 101 cm³/mol. The Balaban J connectivity index is 2.19. The smallest absolute Gasteiger partial charge is 0.300 e. The van der Waals surface area contributed by atoms with Gasteiger partial charge in [0.15, 0.2) is 0 Å². The Morgan fingerprint density at radius 2 is 1.88 bits per heavy atom.